The maximum atomic E-state index is 9.16. The Labute approximate surface area is 151 Å². The number of nitrogens with zero attached hydrogens (tertiary/aromatic N) is 4. The summed E-state index contributed by atoms with van der Waals surface area (Å²) in [6, 6.07) is 17.8. The summed E-state index contributed by atoms with van der Waals surface area (Å²) < 4.78 is 0. The first-order valence-corrected chi connectivity index (χ1v) is 8.36. The van der Waals surface area contributed by atoms with E-state index in [9.17, 15) is 0 Å². The van der Waals surface area contributed by atoms with Crippen molar-refractivity contribution in [3.8, 4) is 28.6 Å². The van der Waals surface area contributed by atoms with Gasteiger partial charge in [-0.2, -0.15) is 5.26 Å². The lowest BCUT2D eigenvalue weighted by Crippen LogP contribution is -1.97. The van der Waals surface area contributed by atoms with E-state index >= 15 is 0 Å². The van der Waals surface area contributed by atoms with Crippen LogP contribution in [0.15, 0.2) is 60.9 Å². The Morgan fingerprint density at radius 2 is 1.77 bits per heavy atom. The Hall–Kier alpha value is -3.58. The Kier molecular flexibility index (Phi) is 3.91. The molecule has 0 aliphatic carbocycles. The third kappa shape index (κ3) is 2.70. The molecule has 4 nitrogen and oxygen atoms in total. The van der Waals surface area contributed by atoms with Crippen molar-refractivity contribution in [2.24, 2.45) is 0 Å². The SMILES string of the molecule is Cc1nc(-c2cccnc2)nc2ccc(-c3cccc(C#N)c3)c(C)c12. The molecule has 0 fully saturated rings. The maximum absolute atomic E-state index is 9.16. The number of aromatic nitrogens is 3. The van der Waals surface area contributed by atoms with Crippen LogP contribution >= 0.6 is 0 Å². The second-order valence-electron chi connectivity index (χ2n) is 6.20. The summed E-state index contributed by atoms with van der Waals surface area (Å²) in [6.45, 7) is 4.09. The minimum atomic E-state index is 0.655. The van der Waals surface area contributed by atoms with Crippen molar-refractivity contribution in [1.29, 1.82) is 5.26 Å². The molecular formula is C22H16N4. The topological polar surface area (TPSA) is 62.5 Å². The molecule has 4 heteroatoms. The molecule has 0 unspecified atom stereocenters. The van der Waals surface area contributed by atoms with Crippen LogP contribution in [0.4, 0.5) is 0 Å². The molecule has 0 spiro atoms. The first-order chi connectivity index (χ1) is 12.7. The normalized spacial score (nSPS) is 10.7. The molecule has 0 amide bonds. The molecule has 0 radical (unpaired) electrons. The number of hydrogen-bond acceptors (Lipinski definition) is 4. The summed E-state index contributed by atoms with van der Waals surface area (Å²) in [5.74, 6) is 0.682. The molecule has 0 bridgehead atoms. The third-order valence-corrected chi connectivity index (χ3v) is 4.53. The second kappa shape index (κ2) is 6.38. The minimum Gasteiger partial charge on any atom is -0.264 e. The zero-order valence-electron chi connectivity index (χ0n) is 14.6. The maximum Gasteiger partial charge on any atom is 0.161 e. The van der Waals surface area contributed by atoms with Crippen LogP contribution in [0.1, 0.15) is 16.8 Å². The van der Waals surface area contributed by atoms with Crippen molar-refractivity contribution in [2.45, 2.75) is 13.8 Å². The molecular weight excluding hydrogens is 320 g/mol. The van der Waals surface area contributed by atoms with Gasteiger partial charge in [-0.15, -0.1) is 0 Å². The molecule has 2 aromatic carbocycles. The van der Waals surface area contributed by atoms with Gasteiger partial charge in [0.05, 0.1) is 17.1 Å². The van der Waals surface area contributed by atoms with Gasteiger partial charge in [0, 0.05) is 29.0 Å². The Balaban J connectivity index is 1.91. The monoisotopic (exact) mass is 336 g/mol. The minimum absolute atomic E-state index is 0.655. The van der Waals surface area contributed by atoms with Crippen molar-refractivity contribution < 1.29 is 0 Å². The van der Waals surface area contributed by atoms with Gasteiger partial charge in [0.2, 0.25) is 0 Å². The van der Waals surface area contributed by atoms with Gasteiger partial charge in [-0.05, 0) is 60.9 Å². The van der Waals surface area contributed by atoms with Gasteiger partial charge in [-0.3, -0.25) is 4.98 Å². The average molecular weight is 336 g/mol. The summed E-state index contributed by atoms with van der Waals surface area (Å²) >= 11 is 0. The largest absolute Gasteiger partial charge is 0.264 e. The number of aryl methyl sites for hydroxylation is 2. The molecule has 0 saturated carbocycles. The lowest BCUT2D eigenvalue weighted by atomic mass is 9.95. The fourth-order valence-electron chi connectivity index (χ4n) is 3.29. The lowest BCUT2D eigenvalue weighted by Gasteiger charge is -2.12. The molecule has 4 aromatic rings. The number of hydrogen-bond donors (Lipinski definition) is 0. The lowest BCUT2D eigenvalue weighted by molar-refractivity contribution is 1.14. The van der Waals surface area contributed by atoms with E-state index in [2.05, 4.69) is 24.0 Å². The molecule has 124 valence electrons. The smallest absolute Gasteiger partial charge is 0.161 e. The molecule has 0 aliphatic rings. The van der Waals surface area contributed by atoms with E-state index < -0.39 is 0 Å². The van der Waals surface area contributed by atoms with Crippen LogP contribution in [0.25, 0.3) is 33.4 Å². The Morgan fingerprint density at radius 3 is 2.54 bits per heavy atom. The highest BCUT2D eigenvalue weighted by molar-refractivity contribution is 5.91. The Morgan fingerprint density at radius 1 is 0.923 bits per heavy atom. The fourth-order valence-corrected chi connectivity index (χ4v) is 3.29. The van der Waals surface area contributed by atoms with Crippen LogP contribution in [0.2, 0.25) is 0 Å². The molecule has 2 aromatic heterocycles. The van der Waals surface area contributed by atoms with Crippen molar-refractivity contribution in [3.05, 3.63) is 77.7 Å². The number of nitriles is 1. The highest BCUT2D eigenvalue weighted by Crippen LogP contribution is 2.31. The van der Waals surface area contributed by atoms with Gasteiger partial charge in [0.15, 0.2) is 5.82 Å². The molecule has 2 heterocycles. The van der Waals surface area contributed by atoms with E-state index in [0.29, 0.717) is 11.4 Å². The zero-order chi connectivity index (χ0) is 18.1. The molecule has 0 N–H and O–H groups in total. The van der Waals surface area contributed by atoms with Crippen molar-refractivity contribution in [2.75, 3.05) is 0 Å². The standard InChI is InChI=1S/C22H16N4/c1-14-19(17-6-3-5-16(11-17)12-23)8-9-20-21(14)15(2)25-22(26-20)18-7-4-10-24-13-18/h3-11,13H,1-2H3. The van der Waals surface area contributed by atoms with Crippen LogP contribution in [-0.2, 0) is 0 Å². The quantitative estimate of drug-likeness (QED) is 0.525. The van der Waals surface area contributed by atoms with E-state index in [1.165, 1.54) is 0 Å². The fraction of sp³-hybridized carbons (Fsp3) is 0.0909. The summed E-state index contributed by atoms with van der Waals surface area (Å²) in [7, 11) is 0. The number of benzene rings is 2. The Bertz CT molecular complexity index is 1160. The average Bonchev–Trinajstić information content (AvgIpc) is 2.68. The summed E-state index contributed by atoms with van der Waals surface area (Å²) in [6.07, 6.45) is 3.51. The van der Waals surface area contributed by atoms with Crippen molar-refractivity contribution >= 4 is 10.9 Å². The molecule has 4 rings (SSSR count). The van der Waals surface area contributed by atoms with Gasteiger partial charge in [0.1, 0.15) is 0 Å². The van der Waals surface area contributed by atoms with Crippen LogP contribution in [0.3, 0.4) is 0 Å². The summed E-state index contributed by atoms with van der Waals surface area (Å²) in [5.41, 5.74) is 6.64. The van der Waals surface area contributed by atoms with E-state index in [-0.39, 0.29) is 0 Å². The number of fused-ring (bicyclic) bond motifs is 1. The first-order valence-electron chi connectivity index (χ1n) is 8.36. The number of rotatable bonds is 2. The highest BCUT2D eigenvalue weighted by Gasteiger charge is 2.12. The van der Waals surface area contributed by atoms with E-state index in [1.807, 2.05) is 49.4 Å². The predicted molar refractivity (Wildman–Crippen MR) is 102 cm³/mol. The van der Waals surface area contributed by atoms with Crippen LogP contribution in [-0.4, -0.2) is 15.0 Å². The predicted octanol–water partition coefficient (Wildman–Crippen LogP) is 4.85. The van der Waals surface area contributed by atoms with Gasteiger partial charge in [-0.25, -0.2) is 9.97 Å². The van der Waals surface area contributed by atoms with Gasteiger partial charge >= 0.3 is 0 Å². The third-order valence-electron chi connectivity index (χ3n) is 4.53. The van der Waals surface area contributed by atoms with Crippen molar-refractivity contribution in [1.82, 2.24) is 15.0 Å². The van der Waals surface area contributed by atoms with E-state index in [0.717, 1.165) is 38.9 Å². The molecule has 0 atom stereocenters. The summed E-state index contributed by atoms with van der Waals surface area (Å²) in [4.78, 5) is 13.6. The molecule has 0 aliphatic heterocycles. The number of pyridine rings is 1. The van der Waals surface area contributed by atoms with Crippen LogP contribution in [0.5, 0.6) is 0 Å². The molecule has 26 heavy (non-hydrogen) atoms. The first kappa shape index (κ1) is 15.9. The van der Waals surface area contributed by atoms with Gasteiger partial charge in [-0.1, -0.05) is 18.2 Å². The summed E-state index contributed by atoms with van der Waals surface area (Å²) in [5, 5.41) is 10.2. The molecule has 0 saturated heterocycles. The second-order valence-corrected chi connectivity index (χ2v) is 6.20. The highest BCUT2D eigenvalue weighted by atomic mass is 14.9. The van der Waals surface area contributed by atoms with E-state index in [1.54, 1.807) is 12.4 Å². The van der Waals surface area contributed by atoms with Crippen molar-refractivity contribution in [3.63, 3.8) is 0 Å². The van der Waals surface area contributed by atoms with Crippen LogP contribution < -0.4 is 0 Å². The zero-order valence-corrected chi connectivity index (χ0v) is 14.6. The van der Waals surface area contributed by atoms with Gasteiger partial charge < -0.3 is 0 Å². The van der Waals surface area contributed by atoms with E-state index in [4.69, 9.17) is 15.2 Å². The van der Waals surface area contributed by atoms with Gasteiger partial charge in [0.25, 0.3) is 0 Å². The van der Waals surface area contributed by atoms with Crippen LogP contribution in [0, 0.1) is 25.2 Å².